The molecule has 35 heavy (non-hydrogen) atoms. The molecule has 0 aliphatic carbocycles. The van der Waals surface area contributed by atoms with Gasteiger partial charge in [-0.1, -0.05) is 0 Å². The Morgan fingerprint density at radius 2 is 1.00 bits per heavy atom. The molecule has 0 saturated heterocycles. The van der Waals surface area contributed by atoms with E-state index in [1.807, 2.05) is 48.6 Å². The maximum Gasteiger partial charge on any atom is 0.204 e. The van der Waals surface area contributed by atoms with Crippen LogP contribution in [0.3, 0.4) is 0 Å². The summed E-state index contributed by atoms with van der Waals surface area (Å²) in [6.45, 7) is 0. The van der Waals surface area contributed by atoms with Crippen LogP contribution in [0, 0.1) is 0 Å². The fraction of sp³-hybridized carbons (Fsp3) is 0. The number of phenolic OH excluding ortho intramolecular Hbond substituents is 4. The van der Waals surface area contributed by atoms with E-state index in [4.69, 9.17) is 0 Å². The predicted octanol–water partition coefficient (Wildman–Crippen LogP) is 3.93. The van der Waals surface area contributed by atoms with Gasteiger partial charge in [0.2, 0.25) is 11.5 Å². The van der Waals surface area contributed by atoms with Gasteiger partial charge in [0, 0.05) is 30.6 Å². The summed E-state index contributed by atoms with van der Waals surface area (Å²) in [7, 11) is 0. The number of allylic oxidation sites excluding steroid dienone is 12. The Hall–Kier alpha value is -4.36. The smallest absolute Gasteiger partial charge is 0.204 e. The third kappa shape index (κ3) is 4.07. The summed E-state index contributed by atoms with van der Waals surface area (Å²) >= 11 is 0. The number of rotatable bonds is 1. The van der Waals surface area contributed by atoms with E-state index in [-0.39, 0.29) is 25.0 Å². The number of aromatic hydroxyl groups is 4. The Morgan fingerprint density at radius 1 is 0.486 bits per heavy atom. The molecule has 0 atom stereocenters. The predicted molar refractivity (Wildman–Crippen MR) is 131 cm³/mol. The standard InChI is InChI=1S/C26H16N4O4.Zn/c31-23-12-21(24(32)26(34)25(23)33)20-10-19-9-17-4-3-15(28-17)7-13-1-2-14(27-13)8-16-5-6-18(29-16)11-22(20)30-19;/h1-12,31-34H;. The number of aliphatic imine (C=N–C) groups is 4. The van der Waals surface area contributed by atoms with E-state index >= 15 is 0 Å². The van der Waals surface area contributed by atoms with Crippen molar-refractivity contribution >= 4 is 28.4 Å². The van der Waals surface area contributed by atoms with Gasteiger partial charge in [-0.05, 0) is 72.9 Å². The third-order valence-electron chi connectivity index (χ3n) is 5.56. The average molecular weight is 514 g/mol. The molecule has 6 rings (SSSR count). The molecule has 4 N–H and O–H groups in total. The van der Waals surface area contributed by atoms with Crippen molar-refractivity contribution in [3.63, 3.8) is 0 Å². The van der Waals surface area contributed by atoms with Crippen molar-refractivity contribution in [1.82, 2.24) is 0 Å². The first-order valence-corrected chi connectivity index (χ1v) is 10.4. The minimum absolute atomic E-state index is 0. The van der Waals surface area contributed by atoms with Crippen molar-refractivity contribution in [3.05, 3.63) is 101 Å². The first-order chi connectivity index (χ1) is 16.4. The van der Waals surface area contributed by atoms with Crippen molar-refractivity contribution in [2.45, 2.75) is 0 Å². The van der Waals surface area contributed by atoms with Gasteiger partial charge in [-0.15, -0.1) is 0 Å². The average Bonchev–Trinajstić information content (AvgIpc) is 3.60. The van der Waals surface area contributed by atoms with Crippen LogP contribution in [0.25, 0.3) is 5.57 Å². The molecule has 0 spiro atoms. The molecule has 0 aromatic heterocycles. The summed E-state index contributed by atoms with van der Waals surface area (Å²) in [4.78, 5) is 18.4. The molecule has 0 unspecified atom stereocenters. The molecule has 9 heteroatoms. The first kappa shape index (κ1) is 22.4. The molecular weight excluding hydrogens is 498 g/mol. The van der Waals surface area contributed by atoms with Crippen LogP contribution in [0.5, 0.6) is 23.0 Å². The van der Waals surface area contributed by atoms with E-state index in [9.17, 15) is 20.4 Å². The first-order valence-electron chi connectivity index (χ1n) is 10.4. The molecule has 1 aromatic rings. The Balaban J connectivity index is 0.00000253. The van der Waals surface area contributed by atoms with Crippen LogP contribution in [-0.2, 0) is 19.5 Å². The van der Waals surface area contributed by atoms with Crippen LogP contribution in [0.2, 0.25) is 0 Å². The molecule has 5 aliphatic rings. The minimum Gasteiger partial charge on any atom is -0.504 e. The van der Waals surface area contributed by atoms with Crippen LogP contribution in [0.15, 0.2) is 116 Å². The fourth-order valence-electron chi connectivity index (χ4n) is 3.95. The molecule has 0 radical (unpaired) electrons. The van der Waals surface area contributed by atoms with Crippen LogP contribution in [0.1, 0.15) is 5.56 Å². The number of benzene rings is 1. The molecule has 0 fully saturated rings. The van der Waals surface area contributed by atoms with Gasteiger partial charge < -0.3 is 20.4 Å². The number of nitrogens with zero attached hydrogens (tertiary/aromatic N) is 4. The largest absolute Gasteiger partial charge is 0.504 e. The van der Waals surface area contributed by atoms with Gasteiger partial charge >= 0.3 is 0 Å². The molecule has 5 aliphatic heterocycles. The van der Waals surface area contributed by atoms with Gasteiger partial charge in [-0.3, -0.25) is 0 Å². The molecule has 166 valence electrons. The van der Waals surface area contributed by atoms with Gasteiger partial charge in [0.1, 0.15) is 0 Å². The number of hydrogen-bond acceptors (Lipinski definition) is 8. The van der Waals surface area contributed by atoms with E-state index < -0.39 is 23.0 Å². The van der Waals surface area contributed by atoms with Gasteiger partial charge in [0.15, 0.2) is 11.5 Å². The minimum atomic E-state index is -0.811. The molecule has 0 amide bonds. The van der Waals surface area contributed by atoms with E-state index in [0.717, 1.165) is 22.8 Å². The molecular formula is C26H16N4O4Zn. The van der Waals surface area contributed by atoms with Gasteiger partial charge in [0.25, 0.3) is 0 Å². The zero-order valence-corrected chi connectivity index (χ0v) is 21.2. The molecule has 0 saturated carbocycles. The summed E-state index contributed by atoms with van der Waals surface area (Å²) in [5, 5.41) is 40.3. The summed E-state index contributed by atoms with van der Waals surface area (Å²) in [5.41, 5.74) is 5.90. The summed E-state index contributed by atoms with van der Waals surface area (Å²) < 4.78 is 0. The SMILES string of the molecule is Oc1cc(C2=CC3=NC2=CC2=NC(=CC4=NC(=CC5=NC(=C3)C=C5)C=C4)C=C2)c(O)c(O)c1O.[Zn]. The van der Waals surface area contributed by atoms with Gasteiger partial charge in [-0.2, -0.15) is 0 Å². The fourth-order valence-corrected chi connectivity index (χ4v) is 3.95. The van der Waals surface area contributed by atoms with E-state index in [1.54, 1.807) is 18.2 Å². The maximum atomic E-state index is 10.5. The second-order valence-electron chi connectivity index (χ2n) is 7.93. The van der Waals surface area contributed by atoms with Crippen molar-refractivity contribution in [2.75, 3.05) is 0 Å². The molecule has 5 heterocycles. The van der Waals surface area contributed by atoms with Crippen LogP contribution in [0.4, 0.5) is 0 Å². The second kappa shape index (κ2) is 8.45. The molecule has 8 nitrogen and oxygen atoms in total. The Labute approximate surface area is 212 Å². The van der Waals surface area contributed by atoms with Crippen LogP contribution in [-0.4, -0.2) is 43.3 Å². The summed E-state index contributed by atoms with van der Waals surface area (Å²) in [6.07, 6.45) is 20.2. The maximum absolute atomic E-state index is 10.5. The van der Waals surface area contributed by atoms with E-state index in [2.05, 4.69) is 20.0 Å². The Morgan fingerprint density at radius 3 is 1.57 bits per heavy atom. The molecule has 8 bridgehead atoms. The quantitative estimate of drug-likeness (QED) is 0.257. The topological polar surface area (TPSA) is 130 Å². The number of hydrogen-bond donors (Lipinski definition) is 4. The monoisotopic (exact) mass is 512 g/mol. The third-order valence-corrected chi connectivity index (χ3v) is 5.56. The molecule has 1 aromatic carbocycles. The van der Waals surface area contributed by atoms with Gasteiger partial charge in [-0.25, -0.2) is 20.0 Å². The number of fused-ring (bicyclic) bond motifs is 4. The van der Waals surface area contributed by atoms with Crippen LogP contribution >= 0.6 is 0 Å². The van der Waals surface area contributed by atoms with E-state index in [1.165, 1.54) is 6.07 Å². The Bertz CT molecular complexity index is 1570. The Kier molecular flexibility index (Phi) is 5.42. The summed E-state index contributed by atoms with van der Waals surface area (Å²) in [5.74, 6) is -2.74. The van der Waals surface area contributed by atoms with E-state index in [0.29, 0.717) is 28.4 Å². The van der Waals surface area contributed by atoms with Gasteiger partial charge in [0.05, 0.1) is 45.6 Å². The van der Waals surface area contributed by atoms with Crippen molar-refractivity contribution in [3.8, 4) is 23.0 Å². The number of phenols is 4. The second-order valence-corrected chi connectivity index (χ2v) is 7.93. The zero-order valence-electron chi connectivity index (χ0n) is 18.2. The zero-order chi connectivity index (χ0) is 23.4. The van der Waals surface area contributed by atoms with Crippen LogP contribution < -0.4 is 0 Å². The normalized spacial score (nSPS) is 19.1. The van der Waals surface area contributed by atoms with Crippen molar-refractivity contribution in [1.29, 1.82) is 0 Å². The summed E-state index contributed by atoms with van der Waals surface area (Å²) in [6, 6.07) is 1.18. The van der Waals surface area contributed by atoms with Crippen molar-refractivity contribution in [2.24, 2.45) is 20.0 Å². The van der Waals surface area contributed by atoms with Crippen molar-refractivity contribution < 1.29 is 39.9 Å².